The summed E-state index contributed by atoms with van der Waals surface area (Å²) in [6.07, 6.45) is 0. The number of hydrogen-bond acceptors (Lipinski definition) is 3. The molecule has 1 aromatic heterocycles. The number of amides is 1. The second-order valence-corrected chi connectivity index (χ2v) is 3.34. The molecule has 5 nitrogen and oxygen atoms in total. The highest BCUT2D eigenvalue weighted by Gasteiger charge is 2.09. The molecule has 0 saturated carbocycles. The molecule has 2 rings (SSSR count). The van der Waals surface area contributed by atoms with Gasteiger partial charge in [0, 0.05) is 10.9 Å². The van der Waals surface area contributed by atoms with Gasteiger partial charge in [0.2, 0.25) is 0 Å². The van der Waals surface area contributed by atoms with Gasteiger partial charge in [-0.2, -0.15) is 0 Å². The third kappa shape index (κ3) is 1.63. The third-order valence-corrected chi connectivity index (χ3v) is 2.31. The van der Waals surface area contributed by atoms with Crippen molar-refractivity contribution in [1.82, 2.24) is 4.98 Å². The summed E-state index contributed by atoms with van der Waals surface area (Å²) in [5.41, 5.74) is 6.64. The van der Waals surface area contributed by atoms with Crippen LogP contribution in [0.25, 0.3) is 10.9 Å². The molecule has 1 aromatic carbocycles. The minimum atomic E-state index is -0.532. The Bertz CT molecular complexity index is 572. The molecule has 0 saturated heterocycles. The van der Waals surface area contributed by atoms with Crippen LogP contribution in [0.3, 0.4) is 0 Å². The van der Waals surface area contributed by atoms with Gasteiger partial charge < -0.3 is 15.5 Å². The first-order valence-electron chi connectivity index (χ1n) is 4.62. The molecule has 0 aliphatic heterocycles. The van der Waals surface area contributed by atoms with Crippen molar-refractivity contribution in [2.45, 2.75) is 0 Å². The molecule has 0 atom stereocenters. The fraction of sp³-hybridized carbons (Fsp3) is 0.0909. The van der Waals surface area contributed by atoms with Gasteiger partial charge in [-0.3, -0.25) is 4.79 Å². The molecule has 3 N–H and O–H groups in total. The number of H-pyrrole nitrogens is 1. The summed E-state index contributed by atoms with van der Waals surface area (Å²) in [7, 11) is 1.32. The number of carbonyl (C=O) groups is 2. The van der Waals surface area contributed by atoms with E-state index in [1.807, 2.05) is 0 Å². The number of hydrogen-bond donors (Lipinski definition) is 2. The fourth-order valence-corrected chi connectivity index (χ4v) is 1.51. The molecule has 1 heterocycles. The molecule has 0 aliphatic carbocycles. The fourth-order valence-electron chi connectivity index (χ4n) is 1.51. The topological polar surface area (TPSA) is 85.2 Å². The SMILES string of the molecule is COC(=O)c1ccc2[nH]c(C(N)=O)cc2c1. The molecule has 0 radical (unpaired) electrons. The van der Waals surface area contributed by atoms with Crippen LogP contribution in [0.2, 0.25) is 0 Å². The van der Waals surface area contributed by atoms with Crippen molar-refractivity contribution in [2.24, 2.45) is 5.73 Å². The van der Waals surface area contributed by atoms with Gasteiger partial charge in [0.05, 0.1) is 12.7 Å². The van der Waals surface area contributed by atoms with Gasteiger partial charge >= 0.3 is 5.97 Å². The molecule has 1 amide bonds. The van der Waals surface area contributed by atoms with E-state index in [9.17, 15) is 9.59 Å². The van der Waals surface area contributed by atoms with E-state index >= 15 is 0 Å². The number of fused-ring (bicyclic) bond motifs is 1. The number of ether oxygens (including phenoxy) is 1. The predicted octanol–water partition coefficient (Wildman–Crippen LogP) is 1.05. The van der Waals surface area contributed by atoms with Crippen molar-refractivity contribution in [3.8, 4) is 0 Å². The highest BCUT2D eigenvalue weighted by molar-refractivity contribution is 5.99. The Hall–Kier alpha value is -2.30. The van der Waals surface area contributed by atoms with Gasteiger partial charge in [-0.05, 0) is 24.3 Å². The van der Waals surface area contributed by atoms with Crippen LogP contribution in [0.15, 0.2) is 24.3 Å². The van der Waals surface area contributed by atoms with Crippen molar-refractivity contribution in [3.63, 3.8) is 0 Å². The third-order valence-electron chi connectivity index (χ3n) is 2.31. The number of aromatic nitrogens is 1. The Kier molecular flexibility index (Phi) is 2.36. The number of nitrogens with one attached hydrogen (secondary N) is 1. The van der Waals surface area contributed by atoms with E-state index in [0.717, 1.165) is 10.9 Å². The zero-order valence-electron chi connectivity index (χ0n) is 8.61. The first-order valence-corrected chi connectivity index (χ1v) is 4.62. The van der Waals surface area contributed by atoms with E-state index in [4.69, 9.17) is 5.73 Å². The second kappa shape index (κ2) is 3.69. The second-order valence-electron chi connectivity index (χ2n) is 3.34. The van der Waals surface area contributed by atoms with Crippen LogP contribution < -0.4 is 5.73 Å². The Morgan fingerprint density at radius 3 is 2.69 bits per heavy atom. The molecule has 0 bridgehead atoms. The number of methoxy groups -OCH3 is 1. The monoisotopic (exact) mass is 218 g/mol. The molecule has 2 aromatic rings. The Morgan fingerprint density at radius 2 is 2.06 bits per heavy atom. The minimum absolute atomic E-state index is 0.317. The quantitative estimate of drug-likeness (QED) is 0.739. The summed E-state index contributed by atoms with van der Waals surface area (Å²) >= 11 is 0. The summed E-state index contributed by atoms with van der Waals surface area (Å²) in [6, 6.07) is 6.57. The van der Waals surface area contributed by atoms with Gasteiger partial charge in [-0.25, -0.2) is 4.79 Å². The van der Waals surface area contributed by atoms with Gasteiger partial charge in [-0.15, -0.1) is 0 Å². The van der Waals surface area contributed by atoms with Crippen molar-refractivity contribution in [1.29, 1.82) is 0 Å². The standard InChI is InChI=1S/C11H10N2O3/c1-16-11(15)6-2-3-8-7(4-6)5-9(13-8)10(12)14/h2-5,13H,1H3,(H2,12,14). The summed E-state index contributed by atoms with van der Waals surface area (Å²) in [4.78, 5) is 25.1. The van der Waals surface area contributed by atoms with Gasteiger partial charge in [0.15, 0.2) is 0 Å². The van der Waals surface area contributed by atoms with E-state index in [1.165, 1.54) is 7.11 Å². The number of benzene rings is 1. The Balaban J connectivity index is 2.53. The lowest BCUT2D eigenvalue weighted by Crippen LogP contribution is -2.10. The predicted molar refractivity (Wildman–Crippen MR) is 58.2 cm³/mol. The Labute approximate surface area is 91.2 Å². The summed E-state index contributed by atoms with van der Waals surface area (Å²) < 4.78 is 4.60. The van der Waals surface area contributed by atoms with Crippen LogP contribution in [-0.4, -0.2) is 24.0 Å². The van der Waals surface area contributed by atoms with E-state index < -0.39 is 11.9 Å². The molecule has 16 heavy (non-hydrogen) atoms. The number of nitrogens with two attached hydrogens (primary N) is 1. The van der Waals surface area contributed by atoms with E-state index in [1.54, 1.807) is 24.3 Å². The van der Waals surface area contributed by atoms with Crippen LogP contribution in [0.4, 0.5) is 0 Å². The highest BCUT2D eigenvalue weighted by Crippen LogP contribution is 2.17. The van der Waals surface area contributed by atoms with Crippen molar-refractivity contribution in [3.05, 3.63) is 35.5 Å². The number of aromatic amines is 1. The lowest BCUT2D eigenvalue weighted by molar-refractivity contribution is 0.0601. The van der Waals surface area contributed by atoms with Gasteiger partial charge in [0.1, 0.15) is 5.69 Å². The zero-order valence-corrected chi connectivity index (χ0v) is 8.61. The Morgan fingerprint density at radius 1 is 1.31 bits per heavy atom. The maximum absolute atomic E-state index is 11.3. The molecule has 0 fully saturated rings. The van der Waals surface area contributed by atoms with Crippen molar-refractivity contribution >= 4 is 22.8 Å². The van der Waals surface area contributed by atoms with Crippen LogP contribution in [0, 0.1) is 0 Å². The maximum atomic E-state index is 11.3. The lowest BCUT2D eigenvalue weighted by Gasteiger charge is -1.98. The minimum Gasteiger partial charge on any atom is -0.465 e. The smallest absolute Gasteiger partial charge is 0.337 e. The molecular weight excluding hydrogens is 208 g/mol. The first kappa shape index (κ1) is 10.2. The highest BCUT2D eigenvalue weighted by atomic mass is 16.5. The largest absolute Gasteiger partial charge is 0.465 e. The number of primary amides is 1. The van der Waals surface area contributed by atoms with Gasteiger partial charge in [0.25, 0.3) is 5.91 Å². The molecule has 82 valence electrons. The normalized spacial score (nSPS) is 10.3. The average molecular weight is 218 g/mol. The molecule has 0 unspecified atom stereocenters. The van der Waals surface area contributed by atoms with Crippen LogP contribution >= 0.6 is 0 Å². The first-order chi connectivity index (χ1) is 7.61. The zero-order chi connectivity index (χ0) is 11.7. The van der Waals surface area contributed by atoms with Crippen LogP contribution in [0.1, 0.15) is 20.8 Å². The van der Waals surface area contributed by atoms with E-state index in [0.29, 0.717) is 11.3 Å². The number of rotatable bonds is 2. The summed E-state index contributed by atoms with van der Waals surface area (Å²) in [5.74, 6) is -0.945. The number of carbonyl (C=O) groups excluding carboxylic acids is 2. The summed E-state index contributed by atoms with van der Waals surface area (Å²) in [5, 5.41) is 0.747. The van der Waals surface area contributed by atoms with Crippen molar-refractivity contribution < 1.29 is 14.3 Å². The maximum Gasteiger partial charge on any atom is 0.337 e. The molecule has 5 heteroatoms. The molecule has 0 spiro atoms. The van der Waals surface area contributed by atoms with E-state index in [2.05, 4.69) is 9.72 Å². The number of esters is 1. The average Bonchev–Trinajstić information content (AvgIpc) is 2.70. The summed E-state index contributed by atoms with van der Waals surface area (Å²) in [6.45, 7) is 0. The van der Waals surface area contributed by atoms with Crippen LogP contribution in [0.5, 0.6) is 0 Å². The van der Waals surface area contributed by atoms with Gasteiger partial charge in [-0.1, -0.05) is 0 Å². The molecule has 0 aliphatic rings. The van der Waals surface area contributed by atoms with Crippen LogP contribution in [-0.2, 0) is 4.74 Å². The van der Waals surface area contributed by atoms with Crippen molar-refractivity contribution in [2.75, 3.05) is 7.11 Å². The lowest BCUT2D eigenvalue weighted by atomic mass is 10.1. The molecular formula is C11H10N2O3. The van der Waals surface area contributed by atoms with E-state index in [-0.39, 0.29) is 0 Å².